The van der Waals surface area contributed by atoms with Gasteiger partial charge in [-0.1, -0.05) is 0 Å². The Kier molecular flexibility index (Phi) is 3.82. The zero-order valence-electron chi connectivity index (χ0n) is 9.19. The zero-order chi connectivity index (χ0) is 11.5. The van der Waals surface area contributed by atoms with Crippen molar-refractivity contribution in [1.29, 1.82) is 0 Å². The Morgan fingerprint density at radius 1 is 1.67 bits per heavy atom. The lowest BCUT2D eigenvalue weighted by atomic mass is 10.1. The van der Waals surface area contributed by atoms with Crippen LogP contribution in [0.5, 0.6) is 0 Å². The zero-order valence-corrected chi connectivity index (χ0v) is 10.0. The van der Waals surface area contributed by atoms with Crippen molar-refractivity contribution in [3.05, 3.63) is 16.6 Å². The van der Waals surface area contributed by atoms with Crippen molar-refractivity contribution in [2.24, 2.45) is 5.73 Å². The lowest BCUT2D eigenvalue weighted by Crippen LogP contribution is -2.31. The number of aromatic nitrogens is 1. The highest BCUT2D eigenvalue weighted by molar-refractivity contribution is 7.09. The van der Waals surface area contributed by atoms with Crippen molar-refractivity contribution in [3.8, 4) is 0 Å². The van der Waals surface area contributed by atoms with E-state index >= 15 is 0 Å². The van der Waals surface area contributed by atoms with Crippen molar-refractivity contribution in [2.45, 2.75) is 32.3 Å². The van der Waals surface area contributed by atoms with E-state index in [1.165, 1.54) is 11.3 Å². The minimum atomic E-state index is -0.484. The fraction of sp³-hybridized carbons (Fsp3) is 0.600. The highest BCUT2D eigenvalue weighted by Crippen LogP contribution is 2.21. The molecule has 84 valence electrons. The maximum absolute atomic E-state index is 11.8. The number of thiazole rings is 1. The molecule has 4 nitrogen and oxygen atoms in total. The van der Waals surface area contributed by atoms with Crippen LogP contribution in [-0.4, -0.2) is 23.1 Å². The third-order valence-electron chi connectivity index (χ3n) is 1.68. The largest absolute Gasteiger partial charge is 0.459 e. The highest BCUT2D eigenvalue weighted by atomic mass is 32.1. The number of rotatable bonds is 3. The molecule has 0 aliphatic heterocycles. The Morgan fingerprint density at radius 3 is 2.73 bits per heavy atom. The Labute approximate surface area is 93.5 Å². The fourth-order valence-corrected chi connectivity index (χ4v) is 1.82. The van der Waals surface area contributed by atoms with Crippen LogP contribution in [0.4, 0.5) is 0 Å². The predicted molar refractivity (Wildman–Crippen MR) is 59.8 cm³/mol. The molecule has 0 saturated heterocycles. The molecule has 0 radical (unpaired) electrons. The number of carbonyl (C=O) groups excluding carboxylic acids is 1. The molecule has 0 bridgehead atoms. The van der Waals surface area contributed by atoms with E-state index < -0.39 is 11.5 Å². The van der Waals surface area contributed by atoms with Crippen LogP contribution in [0.2, 0.25) is 0 Å². The molecule has 0 amide bonds. The van der Waals surface area contributed by atoms with Gasteiger partial charge in [0.05, 0.1) is 0 Å². The highest BCUT2D eigenvalue weighted by Gasteiger charge is 2.27. The van der Waals surface area contributed by atoms with Gasteiger partial charge in [-0.25, -0.2) is 4.98 Å². The summed E-state index contributed by atoms with van der Waals surface area (Å²) in [5.74, 6) is -0.746. The minimum absolute atomic E-state index is 0.225. The molecule has 0 aromatic carbocycles. The topological polar surface area (TPSA) is 65.2 Å². The summed E-state index contributed by atoms with van der Waals surface area (Å²) in [5, 5.41) is 2.54. The first kappa shape index (κ1) is 12.1. The molecule has 5 heteroatoms. The van der Waals surface area contributed by atoms with Gasteiger partial charge in [0, 0.05) is 18.1 Å². The number of carbonyl (C=O) groups is 1. The van der Waals surface area contributed by atoms with Gasteiger partial charge in [0.1, 0.15) is 16.5 Å². The lowest BCUT2D eigenvalue weighted by molar-refractivity contribution is -0.156. The third kappa shape index (κ3) is 3.60. The van der Waals surface area contributed by atoms with Gasteiger partial charge in [-0.2, -0.15) is 0 Å². The summed E-state index contributed by atoms with van der Waals surface area (Å²) in [5.41, 5.74) is 5.07. The molecule has 0 saturated carbocycles. The van der Waals surface area contributed by atoms with Crippen LogP contribution >= 0.6 is 11.3 Å². The molecule has 15 heavy (non-hydrogen) atoms. The molecule has 0 aliphatic carbocycles. The van der Waals surface area contributed by atoms with Crippen LogP contribution in [0, 0.1) is 0 Å². The molecule has 0 spiro atoms. The van der Waals surface area contributed by atoms with E-state index in [4.69, 9.17) is 10.5 Å². The first-order valence-corrected chi connectivity index (χ1v) is 5.64. The molecule has 1 rings (SSSR count). The summed E-state index contributed by atoms with van der Waals surface area (Å²) in [7, 11) is 0. The molecular formula is C10H16N2O2S. The summed E-state index contributed by atoms with van der Waals surface area (Å²) in [6.07, 6.45) is 1.66. The molecule has 1 atom stereocenters. The summed E-state index contributed by atoms with van der Waals surface area (Å²) < 4.78 is 5.26. The average Bonchev–Trinajstić information content (AvgIpc) is 2.54. The number of ether oxygens (including phenoxy) is 1. The van der Waals surface area contributed by atoms with Gasteiger partial charge in [0.15, 0.2) is 0 Å². The molecule has 2 N–H and O–H groups in total. The van der Waals surface area contributed by atoms with E-state index in [9.17, 15) is 4.79 Å². The van der Waals surface area contributed by atoms with E-state index in [0.29, 0.717) is 5.01 Å². The normalized spacial score (nSPS) is 13.6. The van der Waals surface area contributed by atoms with Crippen LogP contribution in [0.25, 0.3) is 0 Å². The van der Waals surface area contributed by atoms with Gasteiger partial charge in [0.2, 0.25) is 0 Å². The number of hydrogen-bond donors (Lipinski definition) is 1. The van der Waals surface area contributed by atoms with Crippen molar-refractivity contribution in [2.75, 3.05) is 6.54 Å². The summed E-state index contributed by atoms with van der Waals surface area (Å²) in [6, 6.07) is 0. The first-order chi connectivity index (χ1) is 6.94. The third-order valence-corrected chi connectivity index (χ3v) is 2.57. The van der Waals surface area contributed by atoms with Gasteiger partial charge in [-0.05, 0) is 20.8 Å². The molecule has 1 aromatic heterocycles. The molecule has 0 unspecified atom stereocenters. The van der Waals surface area contributed by atoms with Gasteiger partial charge in [-0.15, -0.1) is 11.3 Å². The van der Waals surface area contributed by atoms with Crippen molar-refractivity contribution in [3.63, 3.8) is 0 Å². The average molecular weight is 228 g/mol. The Balaban J connectivity index is 2.72. The second-order valence-electron chi connectivity index (χ2n) is 4.19. The van der Waals surface area contributed by atoms with Crippen molar-refractivity contribution in [1.82, 2.24) is 4.98 Å². The first-order valence-electron chi connectivity index (χ1n) is 4.76. The predicted octanol–water partition coefficient (Wildman–Crippen LogP) is 1.53. The molecule has 0 fully saturated rings. The summed E-state index contributed by atoms with van der Waals surface area (Å²) in [6.45, 7) is 5.73. The second kappa shape index (κ2) is 4.72. The number of hydrogen-bond acceptors (Lipinski definition) is 5. The van der Waals surface area contributed by atoms with Gasteiger partial charge in [0.25, 0.3) is 0 Å². The van der Waals surface area contributed by atoms with E-state index in [1.807, 2.05) is 26.2 Å². The number of nitrogens with two attached hydrogens (primary N) is 1. The smallest absolute Gasteiger partial charge is 0.317 e. The summed E-state index contributed by atoms with van der Waals surface area (Å²) >= 11 is 1.42. The van der Waals surface area contributed by atoms with Gasteiger partial charge in [-0.3, -0.25) is 4.79 Å². The Bertz CT molecular complexity index is 317. The summed E-state index contributed by atoms with van der Waals surface area (Å²) in [4.78, 5) is 15.8. The van der Waals surface area contributed by atoms with E-state index in [-0.39, 0.29) is 12.5 Å². The van der Waals surface area contributed by atoms with Gasteiger partial charge >= 0.3 is 5.97 Å². The monoisotopic (exact) mass is 228 g/mol. The van der Waals surface area contributed by atoms with Crippen LogP contribution in [-0.2, 0) is 9.53 Å². The molecule has 0 aliphatic rings. The van der Waals surface area contributed by atoms with E-state index in [0.717, 1.165) is 0 Å². The standard InChI is InChI=1S/C10H16N2O2S/c1-10(2,3)14-9(13)7(6-11)8-12-4-5-15-8/h4-5,7H,6,11H2,1-3H3/t7-/m1/s1. The van der Waals surface area contributed by atoms with Gasteiger partial charge < -0.3 is 10.5 Å². The maximum atomic E-state index is 11.8. The Morgan fingerprint density at radius 2 is 2.33 bits per heavy atom. The van der Waals surface area contributed by atoms with Crippen LogP contribution < -0.4 is 5.73 Å². The van der Waals surface area contributed by atoms with Crippen LogP contribution in [0.1, 0.15) is 31.7 Å². The molecular weight excluding hydrogens is 212 g/mol. The van der Waals surface area contributed by atoms with Crippen LogP contribution in [0.3, 0.4) is 0 Å². The Hall–Kier alpha value is -0.940. The van der Waals surface area contributed by atoms with Crippen LogP contribution in [0.15, 0.2) is 11.6 Å². The molecule has 1 aromatic rings. The second-order valence-corrected chi connectivity index (χ2v) is 5.12. The van der Waals surface area contributed by atoms with E-state index in [1.54, 1.807) is 6.20 Å². The van der Waals surface area contributed by atoms with Crippen molar-refractivity contribution < 1.29 is 9.53 Å². The van der Waals surface area contributed by atoms with E-state index in [2.05, 4.69) is 4.98 Å². The number of nitrogens with zero attached hydrogens (tertiary/aromatic N) is 1. The lowest BCUT2D eigenvalue weighted by Gasteiger charge is -2.22. The van der Waals surface area contributed by atoms with Crippen molar-refractivity contribution >= 4 is 17.3 Å². The number of esters is 1. The quantitative estimate of drug-likeness (QED) is 0.797. The minimum Gasteiger partial charge on any atom is -0.459 e. The maximum Gasteiger partial charge on any atom is 0.317 e. The SMILES string of the molecule is CC(C)(C)OC(=O)[C@H](CN)c1nccs1. The molecule has 1 heterocycles. The fourth-order valence-electron chi connectivity index (χ4n) is 1.08.